The van der Waals surface area contributed by atoms with Crippen LogP contribution in [-0.2, 0) is 22.4 Å². The van der Waals surface area contributed by atoms with Gasteiger partial charge in [-0.25, -0.2) is 4.98 Å². The number of aromatic nitrogens is 2. The van der Waals surface area contributed by atoms with Gasteiger partial charge < -0.3 is 15.3 Å². The van der Waals surface area contributed by atoms with Gasteiger partial charge in [-0.05, 0) is 54.8 Å². The van der Waals surface area contributed by atoms with Gasteiger partial charge in [-0.2, -0.15) is 26.3 Å². The number of nitrogens with one attached hydrogen (secondary N) is 1. The molecule has 13 heteroatoms. The first-order chi connectivity index (χ1) is 16.4. The molecule has 0 radical (unpaired) electrons. The number of nitrogens with zero attached hydrogens (tertiary/aromatic N) is 3. The summed E-state index contributed by atoms with van der Waals surface area (Å²) in [5, 5.41) is 11.7. The molecule has 0 spiro atoms. The molecule has 0 saturated carbocycles. The third-order valence-corrected chi connectivity index (χ3v) is 5.61. The minimum absolute atomic E-state index is 0.0249. The number of carbonyl (C=O) groups excluding carboxylic acids is 2. The van der Waals surface area contributed by atoms with E-state index in [1.54, 1.807) is 0 Å². The minimum atomic E-state index is -5.10. The van der Waals surface area contributed by atoms with Crippen LogP contribution >= 0.6 is 0 Å². The molecule has 1 aliphatic heterocycles. The summed E-state index contributed by atoms with van der Waals surface area (Å²) in [4.78, 5) is 28.2. The third-order valence-electron chi connectivity index (χ3n) is 5.61. The number of hydrogen-bond acceptors (Lipinski definition) is 4. The van der Waals surface area contributed by atoms with Crippen molar-refractivity contribution < 1.29 is 41.0 Å². The maximum atomic E-state index is 13.7. The number of rotatable bonds is 4. The second-order valence-corrected chi connectivity index (χ2v) is 7.94. The number of alkyl halides is 6. The van der Waals surface area contributed by atoms with Gasteiger partial charge in [-0.15, -0.1) is 0 Å². The normalized spacial score (nSPS) is 16.7. The Balaban J connectivity index is 1.60. The van der Waals surface area contributed by atoms with Crippen molar-refractivity contribution in [2.75, 3.05) is 11.9 Å². The highest BCUT2D eigenvalue weighted by Crippen LogP contribution is 2.34. The largest absolute Gasteiger partial charge is 0.471 e. The number of amides is 2. The van der Waals surface area contributed by atoms with E-state index in [-0.39, 0.29) is 48.4 Å². The Morgan fingerprint density at radius 1 is 1.06 bits per heavy atom. The van der Waals surface area contributed by atoms with Crippen LogP contribution in [0.4, 0.5) is 32.0 Å². The Hall–Kier alpha value is -3.61. The smallest absolute Gasteiger partial charge is 0.392 e. The van der Waals surface area contributed by atoms with Crippen LogP contribution in [-0.4, -0.2) is 50.1 Å². The molecule has 186 valence electrons. The number of carbonyl (C=O) groups is 2. The molecule has 1 atom stereocenters. The van der Waals surface area contributed by atoms with E-state index in [4.69, 9.17) is 0 Å². The van der Waals surface area contributed by atoms with Gasteiger partial charge in [-0.1, -0.05) is 6.07 Å². The summed E-state index contributed by atoms with van der Waals surface area (Å²) in [6.07, 6.45) is -9.61. The summed E-state index contributed by atoms with van der Waals surface area (Å²) < 4.78 is 80.2. The number of hydrogen-bond donors (Lipinski definition) is 2. The minimum Gasteiger partial charge on any atom is -0.392 e. The molecule has 0 aliphatic carbocycles. The number of likely N-dealkylation sites (tertiary alicyclic amines) is 1. The summed E-state index contributed by atoms with van der Waals surface area (Å²) in [6, 6.07) is 8.07. The Morgan fingerprint density at radius 3 is 2.34 bits per heavy atom. The lowest BCUT2D eigenvalue weighted by Crippen LogP contribution is -2.48. The molecule has 2 heterocycles. The van der Waals surface area contributed by atoms with Gasteiger partial charge >= 0.3 is 18.3 Å². The molecule has 35 heavy (non-hydrogen) atoms. The number of anilines is 1. The van der Waals surface area contributed by atoms with E-state index < -0.39 is 36.0 Å². The van der Waals surface area contributed by atoms with E-state index >= 15 is 0 Å². The van der Waals surface area contributed by atoms with Gasteiger partial charge in [0.1, 0.15) is 6.04 Å². The number of aliphatic hydroxyl groups is 1. The first-order valence-corrected chi connectivity index (χ1v) is 10.4. The standard InChI is InChI=1S/C22H18F6N4O3/c23-21(24,25)19-30-15-10-12(11-33)3-8-16(15)32(19)14-6-4-13(5-7-14)29-18(34)17-2-1-9-31(17)20(35)22(26,27)28/h3-8,10,17,33H,1-2,9,11H2,(H,29,34). The van der Waals surface area contributed by atoms with Crippen molar-refractivity contribution in [1.82, 2.24) is 14.5 Å². The van der Waals surface area contributed by atoms with Crippen molar-refractivity contribution in [2.45, 2.75) is 37.8 Å². The number of benzene rings is 2. The average Bonchev–Trinajstić information content (AvgIpc) is 3.43. The van der Waals surface area contributed by atoms with E-state index in [0.29, 0.717) is 10.5 Å². The van der Waals surface area contributed by atoms with Crippen LogP contribution in [0.5, 0.6) is 0 Å². The van der Waals surface area contributed by atoms with Crippen molar-refractivity contribution in [3.63, 3.8) is 0 Å². The predicted molar refractivity (Wildman–Crippen MR) is 111 cm³/mol. The highest BCUT2D eigenvalue weighted by molar-refractivity contribution is 5.98. The summed E-state index contributed by atoms with van der Waals surface area (Å²) in [7, 11) is 0. The molecule has 1 fully saturated rings. The molecular formula is C22H18F6N4O3. The molecule has 0 bridgehead atoms. The SMILES string of the molecule is O=C(Nc1ccc(-n2c(C(F)(F)F)nc3cc(CO)ccc32)cc1)C1CCCN1C(=O)C(F)(F)F. The second kappa shape index (κ2) is 8.87. The highest BCUT2D eigenvalue weighted by atomic mass is 19.4. The van der Waals surface area contributed by atoms with Gasteiger partial charge in [0.25, 0.3) is 0 Å². The van der Waals surface area contributed by atoms with Crippen LogP contribution < -0.4 is 5.32 Å². The highest BCUT2D eigenvalue weighted by Gasteiger charge is 2.47. The molecule has 1 saturated heterocycles. The molecule has 3 aromatic rings. The zero-order valence-corrected chi connectivity index (χ0v) is 17.8. The number of fused-ring (bicyclic) bond motifs is 1. The van der Waals surface area contributed by atoms with Gasteiger partial charge in [-0.3, -0.25) is 14.2 Å². The van der Waals surface area contributed by atoms with Crippen molar-refractivity contribution in [3.05, 3.63) is 53.9 Å². The summed E-state index contributed by atoms with van der Waals surface area (Å²) >= 11 is 0. The van der Waals surface area contributed by atoms with Crippen LogP contribution in [0.15, 0.2) is 42.5 Å². The quantitative estimate of drug-likeness (QED) is 0.530. The molecule has 2 aromatic carbocycles. The van der Waals surface area contributed by atoms with Gasteiger partial charge in [0.05, 0.1) is 17.6 Å². The third kappa shape index (κ3) is 4.81. The summed E-state index contributed by atoms with van der Waals surface area (Å²) in [5.74, 6) is -4.11. The van der Waals surface area contributed by atoms with Crippen molar-refractivity contribution in [3.8, 4) is 5.69 Å². The number of halogens is 6. The van der Waals surface area contributed by atoms with Crippen LogP contribution in [0.3, 0.4) is 0 Å². The second-order valence-electron chi connectivity index (χ2n) is 7.94. The monoisotopic (exact) mass is 500 g/mol. The first-order valence-electron chi connectivity index (χ1n) is 10.4. The molecule has 7 nitrogen and oxygen atoms in total. The van der Waals surface area contributed by atoms with E-state index in [1.807, 2.05) is 0 Å². The molecule has 4 rings (SSSR count). The van der Waals surface area contributed by atoms with Crippen molar-refractivity contribution in [2.24, 2.45) is 0 Å². The topological polar surface area (TPSA) is 87.5 Å². The van der Waals surface area contributed by atoms with Crippen LogP contribution in [0.1, 0.15) is 24.2 Å². The Morgan fingerprint density at radius 2 is 1.74 bits per heavy atom. The molecule has 2 amide bonds. The van der Waals surface area contributed by atoms with Crippen LogP contribution in [0.2, 0.25) is 0 Å². The maximum Gasteiger partial charge on any atom is 0.471 e. The molecule has 1 unspecified atom stereocenters. The summed E-state index contributed by atoms with van der Waals surface area (Å²) in [6.45, 7) is -0.577. The Labute approximate surface area is 194 Å². The fraction of sp³-hybridized carbons (Fsp3) is 0.318. The average molecular weight is 500 g/mol. The molecular weight excluding hydrogens is 482 g/mol. The number of imidazole rings is 1. The number of aliphatic hydroxyl groups excluding tert-OH is 1. The fourth-order valence-electron chi connectivity index (χ4n) is 4.04. The van der Waals surface area contributed by atoms with Crippen molar-refractivity contribution >= 4 is 28.5 Å². The van der Waals surface area contributed by atoms with Crippen molar-refractivity contribution in [1.29, 1.82) is 0 Å². The van der Waals surface area contributed by atoms with E-state index in [2.05, 4.69) is 10.3 Å². The molecule has 1 aliphatic rings. The van der Waals surface area contributed by atoms with Gasteiger partial charge in [0.15, 0.2) is 0 Å². The lowest BCUT2D eigenvalue weighted by Gasteiger charge is -2.24. The maximum absolute atomic E-state index is 13.7. The Bertz CT molecular complexity index is 1270. The van der Waals surface area contributed by atoms with E-state index in [0.717, 1.165) is 4.57 Å². The van der Waals surface area contributed by atoms with Crippen LogP contribution in [0, 0.1) is 0 Å². The lowest BCUT2D eigenvalue weighted by molar-refractivity contribution is -0.186. The van der Waals surface area contributed by atoms with E-state index in [9.17, 15) is 41.0 Å². The zero-order valence-electron chi connectivity index (χ0n) is 17.8. The Kier molecular flexibility index (Phi) is 6.21. The predicted octanol–water partition coefficient (Wildman–Crippen LogP) is 4.03. The molecule has 1 aromatic heterocycles. The van der Waals surface area contributed by atoms with Crippen LogP contribution in [0.25, 0.3) is 16.7 Å². The first kappa shape index (κ1) is 24.5. The van der Waals surface area contributed by atoms with Gasteiger partial charge in [0.2, 0.25) is 11.7 Å². The molecule has 2 N–H and O–H groups in total. The zero-order chi connectivity index (χ0) is 25.5. The lowest BCUT2D eigenvalue weighted by atomic mass is 10.2. The van der Waals surface area contributed by atoms with Gasteiger partial charge in [0, 0.05) is 17.9 Å². The summed E-state index contributed by atoms with van der Waals surface area (Å²) in [5.41, 5.74) is 0.754. The fourth-order valence-corrected chi connectivity index (χ4v) is 4.04. The van der Waals surface area contributed by atoms with E-state index in [1.165, 1.54) is 42.5 Å².